The molecule has 4 rings (SSSR count). The number of benzene rings is 1. The monoisotopic (exact) mass is 410 g/mol. The average Bonchev–Trinajstić information content (AvgIpc) is 3.43. The van der Waals surface area contributed by atoms with Gasteiger partial charge in [0.15, 0.2) is 0 Å². The Morgan fingerprint density at radius 1 is 1.20 bits per heavy atom. The average molecular weight is 411 g/mol. The molecule has 6 heteroatoms. The van der Waals surface area contributed by atoms with E-state index in [2.05, 4.69) is 45.0 Å². The number of H-pyrrole nitrogens is 1. The van der Waals surface area contributed by atoms with E-state index >= 15 is 0 Å². The van der Waals surface area contributed by atoms with Crippen LogP contribution in [0.3, 0.4) is 0 Å². The zero-order chi connectivity index (χ0) is 20.8. The molecule has 162 valence electrons. The second-order valence-electron chi connectivity index (χ2n) is 8.91. The van der Waals surface area contributed by atoms with Crippen LogP contribution in [0.25, 0.3) is 0 Å². The molecule has 0 spiro atoms. The van der Waals surface area contributed by atoms with E-state index in [-0.39, 0.29) is 6.10 Å². The van der Waals surface area contributed by atoms with Crippen LogP contribution in [0.4, 0.5) is 0 Å². The Bertz CT molecular complexity index is 793. The normalized spacial score (nSPS) is 18.3. The van der Waals surface area contributed by atoms with Gasteiger partial charge in [-0.15, -0.1) is 0 Å². The third kappa shape index (κ3) is 5.85. The SMILES string of the molecule is CN(Cc1cccc(OC2CCN(C(=O)CC3CCCC3)CC2)c1)Cc1ncc[nH]1. The van der Waals surface area contributed by atoms with E-state index in [1.165, 1.54) is 31.2 Å². The molecule has 1 N–H and O–H groups in total. The van der Waals surface area contributed by atoms with Gasteiger partial charge in [-0.1, -0.05) is 25.0 Å². The maximum atomic E-state index is 12.6. The number of carbonyl (C=O) groups excluding carboxylic acids is 1. The molecule has 0 unspecified atom stereocenters. The molecular formula is C24H34N4O2. The number of rotatable bonds is 8. The van der Waals surface area contributed by atoms with Gasteiger partial charge in [-0.3, -0.25) is 9.69 Å². The summed E-state index contributed by atoms with van der Waals surface area (Å²) in [5.41, 5.74) is 1.23. The van der Waals surface area contributed by atoms with Crippen molar-refractivity contribution in [1.29, 1.82) is 0 Å². The lowest BCUT2D eigenvalue weighted by molar-refractivity contribution is -0.134. The molecule has 1 aromatic heterocycles. The van der Waals surface area contributed by atoms with Crippen molar-refractivity contribution in [3.8, 4) is 5.75 Å². The van der Waals surface area contributed by atoms with E-state index in [9.17, 15) is 4.79 Å². The number of carbonyl (C=O) groups is 1. The summed E-state index contributed by atoms with van der Waals surface area (Å²) in [5.74, 6) is 2.87. The molecule has 0 bridgehead atoms. The number of nitrogens with zero attached hydrogens (tertiary/aromatic N) is 3. The van der Waals surface area contributed by atoms with Crippen LogP contribution in [0.5, 0.6) is 5.75 Å². The number of aromatic nitrogens is 2. The van der Waals surface area contributed by atoms with E-state index in [0.29, 0.717) is 11.8 Å². The molecule has 1 amide bonds. The Kier molecular flexibility index (Phi) is 7.05. The maximum absolute atomic E-state index is 12.6. The molecule has 30 heavy (non-hydrogen) atoms. The summed E-state index contributed by atoms with van der Waals surface area (Å²) < 4.78 is 6.27. The predicted molar refractivity (Wildman–Crippen MR) is 117 cm³/mol. The number of ether oxygens (including phenoxy) is 1. The van der Waals surface area contributed by atoms with E-state index in [0.717, 1.165) is 57.0 Å². The van der Waals surface area contributed by atoms with Gasteiger partial charge in [0.25, 0.3) is 0 Å². The highest BCUT2D eigenvalue weighted by Crippen LogP contribution is 2.29. The smallest absolute Gasteiger partial charge is 0.222 e. The van der Waals surface area contributed by atoms with Gasteiger partial charge < -0.3 is 14.6 Å². The van der Waals surface area contributed by atoms with Gasteiger partial charge in [0, 0.05) is 51.3 Å². The zero-order valence-electron chi connectivity index (χ0n) is 18.1. The Hall–Kier alpha value is -2.34. The van der Waals surface area contributed by atoms with Crippen LogP contribution in [0.1, 0.15) is 56.3 Å². The number of nitrogens with one attached hydrogen (secondary N) is 1. The van der Waals surface area contributed by atoms with Crippen LogP contribution in [0.15, 0.2) is 36.7 Å². The molecule has 2 aliphatic rings. The Morgan fingerprint density at radius 3 is 2.73 bits per heavy atom. The second-order valence-corrected chi connectivity index (χ2v) is 8.91. The van der Waals surface area contributed by atoms with Crippen LogP contribution in [-0.2, 0) is 17.9 Å². The van der Waals surface area contributed by atoms with Crippen molar-refractivity contribution in [2.24, 2.45) is 5.92 Å². The predicted octanol–water partition coefficient (Wildman–Crippen LogP) is 3.99. The van der Waals surface area contributed by atoms with E-state index in [1.807, 2.05) is 12.3 Å². The van der Waals surface area contributed by atoms with Gasteiger partial charge in [-0.2, -0.15) is 0 Å². The van der Waals surface area contributed by atoms with Crippen molar-refractivity contribution in [1.82, 2.24) is 19.8 Å². The summed E-state index contributed by atoms with van der Waals surface area (Å²) >= 11 is 0. The lowest BCUT2D eigenvalue weighted by atomic mass is 10.0. The third-order valence-corrected chi connectivity index (χ3v) is 6.36. The molecule has 0 radical (unpaired) electrons. The van der Waals surface area contributed by atoms with Crippen LogP contribution < -0.4 is 4.74 Å². The first kappa shape index (κ1) is 20.9. The summed E-state index contributed by atoms with van der Waals surface area (Å²) in [4.78, 5) is 24.3. The minimum atomic E-state index is 0.191. The van der Waals surface area contributed by atoms with Crippen LogP contribution in [0, 0.1) is 5.92 Å². The number of likely N-dealkylation sites (tertiary alicyclic amines) is 1. The molecule has 6 nitrogen and oxygen atoms in total. The van der Waals surface area contributed by atoms with Gasteiger partial charge in [0.2, 0.25) is 5.91 Å². The Labute approximate surface area is 179 Å². The van der Waals surface area contributed by atoms with Gasteiger partial charge >= 0.3 is 0 Å². The highest BCUT2D eigenvalue weighted by Gasteiger charge is 2.26. The highest BCUT2D eigenvalue weighted by atomic mass is 16.5. The van der Waals surface area contributed by atoms with Crippen LogP contribution in [-0.4, -0.2) is 51.9 Å². The maximum Gasteiger partial charge on any atom is 0.222 e. The largest absolute Gasteiger partial charge is 0.490 e. The molecule has 0 atom stereocenters. The van der Waals surface area contributed by atoms with Gasteiger partial charge in [0.05, 0.1) is 6.54 Å². The second kappa shape index (κ2) is 10.1. The van der Waals surface area contributed by atoms with Crippen molar-refractivity contribution in [3.63, 3.8) is 0 Å². The first-order valence-electron chi connectivity index (χ1n) is 11.4. The minimum absolute atomic E-state index is 0.191. The number of amides is 1. The van der Waals surface area contributed by atoms with Crippen LogP contribution >= 0.6 is 0 Å². The van der Waals surface area contributed by atoms with Crippen molar-refractivity contribution in [2.45, 2.75) is 64.1 Å². The highest BCUT2D eigenvalue weighted by molar-refractivity contribution is 5.76. The van der Waals surface area contributed by atoms with Gasteiger partial charge in [0.1, 0.15) is 17.7 Å². The summed E-state index contributed by atoms with van der Waals surface area (Å²) in [5, 5.41) is 0. The number of imidazole rings is 1. The molecule has 1 aliphatic carbocycles. The molecule has 2 heterocycles. The molecule has 1 aliphatic heterocycles. The van der Waals surface area contributed by atoms with Crippen molar-refractivity contribution < 1.29 is 9.53 Å². The first-order chi connectivity index (χ1) is 14.7. The fourth-order valence-corrected chi connectivity index (χ4v) is 4.73. The quantitative estimate of drug-likeness (QED) is 0.715. The number of hydrogen-bond donors (Lipinski definition) is 1. The van der Waals surface area contributed by atoms with Crippen molar-refractivity contribution >= 4 is 5.91 Å². The summed E-state index contributed by atoms with van der Waals surface area (Å²) in [6.07, 6.45) is 11.5. The Balaban J connectivity index is 1.23. The summed E-state index contributed by atoms with van der Waals surface area (Å²) in [7, 11) is 2.09. The lowest BCUT2D eigenvalue weighted by Gasteiger charge is -2.33. The van der Waals surface area contributed by atoms with Crippen molar-refractivity contribution in [3.05, 3.63) is 48.0 Å². The molecule has 1 aromatic carbocycles. The molecule has 2 fully saturated rings. The summed E-state index contributed by atoms with van der Waals surface area (Å²) in [6, 6.07) is 8.37. The topological polar surface area (TPSA) is 61.5 Å². The zero-order valence-corrected chi connectivity index (χ0v) is 18.1. The lowest BCUT2D eigenvalue weighted by Crippen LogP contribution is -2.42. The molecule has 1 saturated carbocycles. The van der Waals surface area contributed by atoms with Gasteiger partial charge in [-0.05, 0) is 43.5 Å². The Morgan fingerprint density at radius 2 is 2.00 bits per heavy atom. The van der Waals surface area contributed by atoms with Gasteiger partial charge in [-0.25, -0.2) is 4.98 Å². The van der Waals surface area contributed by atoms with E-state index < -0.39 is 0 Å². The molecule has 1 saturated heterocycles. The molecular weight excluding hydrogens is 376 g/mol. The minimum Gasteiger partial charge on any atom is -0.490 e. The summed E-state index contributed by atoms with van der Waals surface area (Å²) in [6.45, 7) is 3.26. The van der Waals surface area contributed by atoms with E-state index in [1.54, 1.807) is 6.20 Å². The fraction of sp³-hybridized carbons (Fsp3) is 0.583. The third-order valence-electron chi connectivity index (χ3n) is 6.36. The number of hydrogen-bond acceptors (Lipinski definition) is 4. The standard InChI is InChI=1S/C24H34N4O2/c1-27(18-23-25-11-12-26-23)17-20-7-4-8-22(15-20)30-21-9-13-28(14-10-21)24(29)16-19-5-2-3-6-19/h4,7-8,11-12,15,19,21H,2-3,5-6,9-10,13-14,16-18H2,1H3,(H,25,26). The first-order valence-corrected chi connectivity index (χ1v) is 11.4. The van der Waals surface area contributed by atoms with Crippen molar-refractivity contribution in [2.75, 3.05) is 20.1 Å². The van der Waals surface area contributed by atoms with E-state index in [4.69, 9.17) is 4.74 Å². The fourth-order valence-electron chi connectivity index (χ4n) is 4.73. The van der Waals surface area contributed by atoms with Crippen LogP contribution in [0.2, 0.25) is 0 Å². The molecule has 2 aromatic rings. The number of aromatic amines is 1. The number of piperidine rings is 1.